The molecule has 0 fully saturated rings. The highest BCUT2D eigenvalue weighted by Gasteiger charge is 2.02. The van der Waals surface area contributed by atoms with Crippen molar-refractivity contribution in [2.45, 2.75) is 17.1 Å². The summed E-state index contributed by atoms with van der Waals surface area (Å²) in [5.41, 5.74) is 4.27. The summed E-state index contributed by atoms with van der Waals surface area (Å²) in [7, 11) is 0. The highest BCUT2D eigenvalue weighted by atomic mass is 35.5. The largest absolute Gasteiger partial charge is 0.294 e. The van der Waals surface area contributed by atoms with E-state index in [1.807, 2.05) is 48.5 Å². The Morgan fingerprint density at radius 2 is 1.85 bits per heavy atom. The van der Waals surface area contributed by atoms with Crippen molar-refractivity contribution in [2.75, 3.05) is 0 Å². The first-order chi connectivity index (χ1) is 9.67. The van der Waals surface area contributed by atoms with Gasteiger partial charge in [0.05, 0.1) is 6.42 Å². The van der Waals surface area contributed by atoms with E-state index < -0.39 is 0 Å². The Hall–Kier alpha value is -1.49. The molecule has 0 aliphatic carbocycles. The zero-order valence-electron chi connectivity index (χ0n) is 10.8. The molecule has 0 spiro atoms. The van der Waals surface area contributed by atoms with Gasteiger partial charge >= 0.3 is 0 Å². The minimum atomic E-state index is -0.189. The number of hydrogen-bond donors (Lipinski definition) is 2. The van der Waals surface area contributed by atoms with Gasteiger partial charge in [-0.2, -0.15) is 0 Å². The van der Waals surface area contributed by atoms with Crippen molar-refractivity contribution >= 4 is 29.3 Å². The molecule has 0 saturated heterocycles. The number of hydrazine groups is 1. The van der Waals surface area contributed by atoms with Gasteiger partial charge in [0.1, 0.15) is 0 Å². The summed E-state index contributed by atoms with van der Waals surface area (Å²) in [5, 5.41) is 0.748. The van der Waals surface area contributed by atoms with E-state index in [4.69, 9.17) is 17.4 Å². The van der Waals surface area contributed by atoms with Crippen molar-refractivity contribution in [3.63, 3.8) is 0 Å². The Kier molecular flexibility index (Phi) is 5.47. The van der Waals surface area contributed by atoms with E-state index >= 15 is 0 Å². The molecule has 3 nitrogen and oxygen atoms in total. The Labute approximate surface area is 127 Å². The van der Waals surface area contributed by atoms with Gasteiger partial charge in [-0.15, -0.1) is 11.8 Å². The van der Waals surface area contributed by atoms with Gasteiger partial charge in [-0.1, -0.05) is 41.9 Å². The van der Waals surface area contributed by atoms with E-state index in [2.05, 4.69) is 5.43 Å². The van der Waals surface area contributed by atoms with Gasteiger partial charge in [0.25, 0.3) is 0 Å². The molecule has 0 aromatic heterocycles. The number of halogens is 1. The van der Waals surface area contributed by atoms with Crippen molar-refractivity contribution in [1.82, 2.24) is 5.43 Å². The van der Waals surface area contributed by atoms with Gasteiger partial charge in [0.15, 0.2) is 0 Å². The smallest absolute Gasteiger partial charge is 0.238 e. The molecule has 104 valence electrons. The van der Waals surface area contributed by atoms with Gasteiger partial charge in [0.2, 0.25) is 5.91 Å². The first kappa shape index (κ1) is 14.9. The fraction of sp³-hybridized carbons (Fsp3) is 0.133. The molecule has 0 heterocycles. The molecule has 0 aliphatic heterocycles. The highest BCUT2D eigenvalue weighted by Crippen LogP contribution is 2.25. The van der Waals surface area contributed by atoms with E-state index in [0.29, 0.717) is 6.42 Å². The van der Waals surface area contributed by atoms with Gasteiger partial charge in [-0.3, -0.25) is 10.2 Å². The molecule has 0 atom stereocenters. The Morgan fingerprint density at radius 3 is 2.50 bits per heavy atom. The van der Waals surface area contributed by atoms with Crippen LogP contribution in [0.4, 0.5) is 0 Å². The number of nitrogens with two attached hydrogens (primary N) is 1. The van der Waals surface area contributed by atoms with Crippen LogP contribution in [0.3, 0.4) is 0 Å². The van der Waals surface area contributed by atoms with Crippen LogP contribution in [0, 0.1) is 0 Å². The molecule has 3 N–H and O–H groups in total. The molecule has 0 unspecified atom stereocenters. The minimum absolute atomic E-state index is 0.189. The number of hydrogen-bond acceptors (Lipinski definition) is 3. The summed E-state index contributed by atoms with van der Waals surface area (Å²) in [6.07, 6.45) is 0.304. The summed E-state index contributed by atoms with van der Waals surface area (Å²) in [4.78, 5) is 12.3. The van der Waals surface area contributed by atoms with E-state index in [1.54, 1.807) is 11.8 Å². The third-order valence-corrected chi connectivity index (χ3v) is 4.05. The average molecular weight is 307 g/mol. The van der Waals surface area contributed by atoms with Gasteiger partial charge in [0, 0.05) is 15.7 Å². The minimum Gasteiger partial charge on any atom is -0.294 e. The lowest BCUT2D eigenvalue weighted by Gasteiger charge is -2.04. The summed E-state index contributed by atoms with van der Waals surface area (Å²) in [6.45, 7) is 0. The maximum atomic E-state index is 11.2. The van der Waals surface area contributed by atoms with Crippen LogP contribution in [-0.4, -0.2) is 5.91 Å². The molecular weight excluding hydrogens is 292 g/mol. The normalized spacial score (nSPS) is 10.3. The van der Waals surface area contributed by atoms with Gasteiger partial charge in [-0.25, -0.2) is 5.84 Å². The quantitative estimate of drug-likeness (QED) is 0.386. The second-order valence-corrected chi connectivity index (χ2v) is 5.79. The highest BCUT2D eigenvalue weighted by molar-refractivity contribution is 7.98. The number of thioether (sulfide) groups is 1. The molecule has 0 bridgehead atoms. The topological polar surface area (TPSA) is 55.1 Å². The first-order valence-corrected chi connectivity index (χ1v) is 7.49. The fourth-order valence-corrected chi connectivity index (χ4v) is 2.88. The van der Waals surface area contributed by atoms with Crippen LogP contribution in [0.2, 0.25) is 5.02 Å². The summed E-state index contributed by atoms with van der Waals surface area (Å²) in [6, 6.07) is 15.7. The van der Waals surface area contributed by atoms with Crippen LogP contribution in [0.15, 0.2) is 53.4 Å². The second kappa shape index (κ2) is 7.33. The maximum Gasteiger partial charge on any atom is 0.238 e. The number of rotatable bonds is 5. The Bertz CT molecular complexity index is 587. The maximum absolute atomic E-state index is 11.2. The second-order valence-electron chi connectivity index (χ2n) is 4.31. The van der Waals surface area contributed by atoms with Crippen LogP contribution in [0.5, 0.6) is 0 Å². The standard InChI is InChI=1S/C15H15ClN2OS/c16-13-2-1-3-14(9-13)20-10-12-6-4-11(5-7-12)8-15(19)18-17/h1-7,9H,8,10,17H2,(H,18,19). The third-order valence-electron chi connectivity index (χ3n) is 2.75. The van der Waals surface area contributed by atoms with Crippen LogP contribution in [-0.2, 0) is 17.0 Å². The lowest BCUT2D eigenvalue weighted by molar-refractivity contribution is -0.120. The first-order valence-electron chi connectivity index (χ1n) is 6.13. The van der Waals surface area contributed by atoms with Crippen molar-refractivity contribution < 1.29 is 4.79 Å². The van der Waals surface area contributed by atoms with Crippen molar-refractivity contribution in [3.05, 3.63) is 64.7 Å². The molecule has 20 heavy (non-hydrogen) atoms. The lowest BCUT2D eigenvalue weighted by Crippen LogP contribution is -2.31. The predicted molar refractivity (Wildman–Crippen MR) is 83.5 cm³/mol. The number of benzene rings is 2. The Balaban J connectivity index is 1.92. The number of nitrogens with one attached hydrogen (secondary N) is 1. The number of carbonyl (C=O) groups is 1. The number of carbonyl (C=O) groups excluding carboxylic acids is 1. The van der Waals surface area contributed by atoms with Gasteiger partial charge < -0.3 is 0 Å². The fourth-order valence-electron chi connectivity index (χ4n) is 1.71. The summed E-state index contributed by atoms with van der Waals surface area (Å²) in [5.74, 6) is 5.74. The molecule has 2 aromatic rings. The van der Waals surface area contributed by atoms with E-state index in [1.165, 1.54) is 5.56 Å². The van der Waals surface area contributed by atoms with Crippen molar-refractivity contribution in [2.24, 2.45) is 5.84 Å². The molecule has 2 rings (SSSR count). The molecule has 0 saturated carbocycles. The summed E-state index contributed by atoms with van der Waals surface area (Å²) >= 11 is 7.68. The van der Waals surface area contributed by atoms with Crippen LogP contribution < -0.4 is 11.3 Å². The SMILES string of the molecule is NNC(=O)Cc1ccc(CSc2cccc(Cl)c2)cc1. The number of amides is 1. The molecule has 0 radical (unpaired) electrons. The molecule has 2 aromatic carbocycles. The van der Waals surface area contributed by atoms with E-state index in [9.17, 15) is 4.79 Å². The molecule has 0 aliphatic rings. The van der Waals surface area contributed by atoms with Gasteiger partial charge in [-0.05, 0) is 29.3 Å². The zero-order chi connectivity index (χ0) is 14.4. The zero-order valence-corrected chi connectivity index (χ0v) is 12.4. The third kappa shape index (κ3) is 4.56. The monoisotopic (exact) mass is 306 g/mol. The molecule has 5 heteroatoms. The lowest BCUT2D eigenvalue weighted by atomic mass is 10.1. The summed E-state index contributed by atoms with van der Waals surface area (Å²) < 4.78 is 0. The molecule has 1 amide bonds. The van der Waals surface area contributed by atoms with Crippen LogP contribution in [0.1, 0.15) is 11.1 Å². The van der Waals surface area contributed by atoms with E-state index in [-0.39, 0.29) is 5.91 Å². The van der Waals surface area contributed by atoms with E-state index in [0.717, 1.165) is 21.2 Å². The van der Waals surface area contributed by atoms with Crippen molar-refractivity contribution in [3.8, 4) is 0 Å². The van der Waals surface area contributed by atoms with Crippen LogP contribution in [0.25, 0.3) is 0 Å². The predicted octanol–water partition coefficient (Wildman–Crippen LogP) is 3.16. The van der Waals surface area contributed by atoms with Crippen LogP contribution >= 0.6 is 23.4 Å². The average Bonchev–Trinajstić information content (AvgIpc) is 2.46. The van der Waals surface area contributed by atoms with Crippen molar-refractivity contribution in [1.29, 1.82) is 0 Å². The molecular formula is C15H15ClN2OS. The Morgan fingerprint density at radius 1 is 1.15 bits per heavy atom.